The van der Waals surface area contributed by atoms with Crippen LogP contribution < -0.4 is 5.32 Å². The average Bonchev–Trinajstić information content (AvgIpc) is 2.48. The fraction of sp³-hybridized carbons (Fsp3) is 0.353. The SMILES string of the molecule is CCNC(CCCc1ccccc1)c1ncccc1F. The number of nitrogens with one attached hydrogen (secondary N) is 1. The molecule has 2 nitrogen and oxygen atoms in total. The van der Waals surface area contributed by atoms with Crippen molar-refractivity contribution >= 4 is 0 Å². The van der Waals surface area contributed by atoms with Crippen LogP contribution in [0, 0.1) is 5.82 Å². The zero-order valence-electron chi connectivity index (χ0n) is 11.8. The molecule has 1 heterocycles. The summed E-state index contributed by atoms with van der Waals surface area (Å²) in [5.41, 5.74) is 1.85. The van der Waals surface area contributed by atoms with E-state index in [4.69, 9.17) is 0 Å². The molecule has 1 N–H and O–H groups in total. The van der Waals surface area contributed by atoms with Gasteiger partial charge in [0.1, 0.15) is 5.82 Å². The maximum Gasteiger partial charge on any atom is 0.146 e. The molecular weight excluding hydrogens is 251 g/mol. The monoisotopic (exact) mass is 272 g/mol. The van der Waals surface area contributed by atoms with Gasteiger partial charge in [0.25, 0.3) is 0 Å². The molecule has 1 atom stereocenters. The van der Waals surface area contributed by atoms with Crippen LogP contribution in [0.5, 0.6) is 0 Å². The van der Waals surface area contributed by atoms with Gasteiger partial charge in [-0.1, -0.05) is 37.3 Å². The molecule has 0 aliphatic heterocycles. The molecule has 20 heavy (non-hydrogen) atoms. The third-order valence-corrected chi connectivity index (χ3v) is 3.37. The van der Waals surface area contributed by atoms with Crippen LogP contribution in [0.15, 0.2) is 48.7 Å². The van der Waals surface area contributed by atoms with E-state index in [1.807, 2.05) is 13.0 Å². The summed E-state index contributed by atoms with van der Waals surface area (Å²) in [6.45, 7) is 2.84. The number of hydrogen-bond donors (Lipinski definition) is 1. The zero-order valence-corrected chi connectivity index (χ0v) is 11.8. The molecule has 0 aliphatic rings. The normalized spacial score (nSPS) is 12.3. The highest BCUT2D eigenvalue weighted by molar-refractivity contribution is 5.15. The van der Waals surface area contributed by atoms with Crippen LogP contribution in [0.4, 0.5) is 4.39 Å². The van der Waals surface area contributed by atoms with E-state index in [0.29, 0.717) is 5.69 Å². The van der Waals surface area contributed by atoms with Crippen molar-refractivity contribution in [1.82, 2.24) is 10.3 Å². The van der Waals surface area contributed by atoms with Gasteiger partial charge in [-0.25, -0.2) is 4.39 Å². The Morgan fingerprint density at radius 1 is 1.15 bits per heavy atom. The van der Waals surface area contributed by atoms with Gasteiger partial charge >= 0.3 is 0 Å². The van der Waals surface area contributed by atoms with Crippen molar-refractivity contribution in [1.29, 1.82) is 0 Å². The van der Waals surface area contributed by atoms with Gasteiger partial charge in [0.15, 0.2) is 0 Å². The number of rotatable bonds is 7. The third-order valence-electron chi connectivity index (χ3n) is 3.37. The molecule has 1 aromatic carbocycles. The van der Waals surface area contributed by atoms with E-state index in [0.717, 1.165) is 25.8 Å². The van der Waals surface area contributed by atoms with Gasteiger partial charge in [-0.3, -0.25) is 4.98 Å². The Morgan fingerprint density at radius 2 is 1.95 bits per heavy atom. The lowest BCUT2D eigenvalue weighted by molar-refractivity contribution is 0.459. The first-order valence-electron chi connectivity index (χ1n) is 7.19. The molecule has 0 saturated heterocycles. The fourth-order valence-electron chi connectivity index (χ4n) is 2.39. The van der Waals surface area contributed by atoms with Crippen molar-refractivity contribution in [3.05, 3.63) is 65.7 Å². The molecule has 3 heteroatoms. The van der Waals surface area contributed by atoms with Crippen LogP contribution in [0.2, 0.25) is 0 Å². The van der Waals surface area contributed by atoms with E-state index in [1.54, 1.807) is 12.3 Å². The van der Waals surface area contributed by atoms with Gasteiger partial charge in [0, 0.05) is 6.20 Å². The second-order valence-corrected chi connectivity index (χ2v) is 4.86. The van der Waals surface area contributed by atoms with Crippen molar-refractivity contribution in [2.24, 2.45) is 0 Å². The average molecular weight is 272 g/mol. The Kier molecular flexibility index (Phi) is 5.69. The van der Waals surface area contributed by atoms with Crippen molar-refractivity contribution in [2.45, 2.75) is 32.2 Å². The van der Waals surface area contributed by atoms with Gasteiger partial charge in [-0.05, 0) is 43.5 Å². The van der Waals surface area contributed by atoms with Gasteiger partial charge in [0.2, 0.25) is 0 Å². The highest BCUT2D eigenvalue weighted by Gasteiger charge is 2.15. The van der Waals surface area contributed by atoms with Crippen LogP contribution >= 0.6 is 0 Å². The minimum absolute atomic E-state index is 0.00934. The lowest BCUT2D eigenvalue weighted by Gasteiger charge is -2.17. The van der Waals surface area contributed by atoms with Crippen LogP contribution in [0.3, 0.4) is 0 Å². The largest absolute Gasteiger partial charge is 0.309 e. The molecule has 0 saturated carbocycles. The maximum absolute atomic E-state index is 13.8. The molecule has 106 valence electrons. The topological polar surface area (TPSA) is 24.9 Å². The van der Waals surface area contributed by atoms with E-state index < -0.39 is 0 Å². The maximum atomic E-state index is 13.8. The van der Waals surface area contributed by atoms with Gasteiger partial charge in [-0.15, -0.1) is 0 Å². The van der Waals surface area contributed by atoms with Crippen LogP contribution in [0.1, 0.15) is 37.1 Å². The first kappa shape index (κ1) is 14.7. The highest BCUT2D eigenvalue weighted by atomic mass is 19.1. The summed E-state index contributed by atoms with van der Waals surface area (Å²) in [5, 5.41) is 3.32. The fourth-order valence-corrected chi connectivity index (χ4v) is 2.39. The third kappa shape index (κ3) is 4.14. The predicted octanol–water partition coefficient (Wildman–Crippen LogP) is 3.89. The van der Waals surface area contributed by atoms with Gasteiger partial charge in [-0.2, -0.15) is 0 Å². The molecule has 2 rings (SSSR count). The number of benzene rings is 1. The Balaban J connectivity index is 1.95. The summed E-state index contributed by atoms with van der Waals surface area (Å²) in [4.78, 5) is 4.19. The van der Waals surface area contributed by atoms with E-state index in [-0.39, 0.29) is 11.9 Å². The van der Waals surface area contributed by atoms with Crippen LogP contribution in [-0.4, -0.2) is 11.5 Å². The number of aryl methyl sites for hydroxylation is 1. The molecular formula is C17H21FN2. The van der Waals surface area contributed by atoms with Crippen molar-refractivity contribution < 1.29 is 4.39 Å². The van der Waals surface area contributed by atoms with Crippen molar-refractivity contribution in [3.63, 3.8) is 0 Å². The number of hydrogen-bond acceptors (Lipinski definition) is 2. The molecule has 0 spiro atoms. The van der Waals surface area contributed by atoms with E-state index >= 15 is 0 Å². The van der Waals surface area contributed by atoms with Crippen molar-refractivity contribution in [2.75, 3.05) is 6.54 Å². The number of aromatic nitrogens is 1. The standard InChI is InChI=1S/C17H21FN2/c1-2-19-16(17-15(18)11-7-13-20-17)12-6-10-14-8-4-3-5-9-14/h3-5,7-9,11,13,16,19H,2,6,10,12H2,1H3. The first-order chi connectivity index (χ1) is 9.81. The van der Waals surface area contributed by atoms with Gasteiger partial charge in [0.05, 0.1) is 11.7 Å². The first-order valence-corrected chi connectivity index (χ1v) is 7.19. The molecule has 0 aliphatic carbocycles. The molecule has 0 amide bonds. The number of pyridine rings is 1. The second-order valence-electron chi connectivity index (χ2n) is 4.86. The van der Waals surface area contributed by atoms with E-state index in [1.165, 1.54) is 11.6 Å². The molecule has 0 bridgehead atoms. The molecule has 1 aromatic heterocycles. The van der Waals surface area contributed by atoms with E-state index in [2.05, 4.69) is 34.6 Å². The summed E-state index contributed by atoms with van der Waals surface area (Å²) < 4.78 is 13.8. The Hall–Kier alpha value is -1.74. The highest BCUT2D eigenvalue weighted by Crippen LogP contribution is 2.20. The van der Waals surface area contributed by atoms with Crippen LogP contribution in [0.25, 0.3) is 0 Å². The smallest absolute Gasteiger partial charge is 0.146 e. The van der Waals surface area contributed by atoms with Crippen LogP contribution in [-0.2, 0) is 6.42 Å². The number of nitrogens with zero attached hydrogens (tertiary/aromatic N) is 1. The molecule has 1 unspecified atom stereocenters. The summed E-state index contributed by atoms with van der Waals surface area (Å²) in [6.07, 6.45) is 4.56. The molecule has 2 aromatic rings. The summed E-state index contributed by atoms with van der Waals surface area (Å²) in [7, 11) is 0. The Labute approximate surface area is 120 Å². The van der Waals surface area contributed by atoms with Gasteiger partial charge < -0.3 is 5.32 Å². The summed E-state index contributed by atoms with van der Waals surface area (Å²) in [5.74, 6) is -0.224. The van der Waals surface area contributed by atoms with Crippen molar-refractivity contribution in [3.8, 4) is 0 Å². The van der Waals surface area contributed by atoms with E-state index in [9.17, 15) is 4.39 Å². The zero-order chi connectivity index (χ0) is 14.2. The minimum atomic E-state index is -0.224. The lowest BCUT2D eigenvalue weighted by Crippen LogP contribution is -2.23. The molecule has 0 fully saturated rings. The second kappa shape index (κ2) is 7.75. The summed E-state index contributed by atoms with van der Waals surface area (Å²) >= 11 is 0. The summed E-state index contributed by atoms with van der Waals surface area (Å²) in [6, 6.07) is 13.5. The predicted molar refractivity (Wildman–Crippen MR) is 80.0 cm³/mol. The Morgan fingerprint density at radius 3 is 2.65 bits per heavy atom. The lowest BCUT2D eigenvalue weighted by atomic mass is 10.0. The quantitative estimate of drug-likeness (QED) is 0.827. The Bertz CT molecular complexity index is 513. The minimum Gasteiger partial charge on any atom is -0.309 e. The molecule has 0 radical (unpaired) electrons. The number of halogens is 1.